The summed E-state index contributed by atoms with van der Waals surface area (Å²) < 4.78 is 5.63. The Morgan fingerprint density at radius 2 is 1.53 bits per heavy atom. The van der Waals surface area contributed by atoms with Gasteiger partial charge in [0, 0.05) is 23.9 Å². The zero-order valence-electron chi connectivity index (χ0n) is 20.5. The first-order valence-corrected chi connectivity index (χ1v) is 11.6. The molecule has 2 aromatic rings. The monoisotopic (exact) mass is 466 g/mol. The minimum Gasteiger partial charge on any atom is -0.480 e. The number of fused-ring (bicyclic) bond motifs is 3. The number of hydrogen-bond donors (Lipinski definition) is 2. The van der Waals surface area contributed by atoms with Crippen molar-refractivity contribution in [3.05, 3.63) is 59.7 Å². The van der Waals surface area contributed by atoms with Crippen LogP contribution in [0.15, 0.2) is 48.5 Å². The number of carbonyl (C=O) groups is 3. The highest BCUT2D eigenvalue weighted by Gasteiger charge is 2.32. The number of benzene rings is 2. The number of amides is 2. The summed E-state index contributed by atoms with van der Waals surface area (Å²) in [5, 5.41) is 12.0. The van der Waals surface area contributed by atoms with E-state index in [0.717, 1.165) is 22.3 Å². The highest BCUT2D eigenvalue weighted by Crippen LogP contribution is 2.44. The second kappa shape index (κ2) is 10.3. The standard InChI is InChI=1S/C27H34N2O5/c1-17(2)23(14-24(30)29(15-25(31)32)27(3,4)5)28-26(33)34-16-22-20-12-8-6-10-18(20)19-11-7-9-13-21(19)22/h6-13,17,22-23H,14-16H2,1-5H3,(H,28,33)(H,31,32)/t23-/m0/s1. The van der Waals surface area contributed by atoms with E-state index < -0.39 is 30.2 Å². The highest BCUT2D eigenvalue weighted by atomic mass is 16.5. The van der Waals surface area contributed by atoms with E-state index in [1.54, 1.807) is 20.8 Å². The first-order valence-electron chi connectivity index (χ1n) is 11.6. The summed E-state index contributed by atoms with van der Waals surface area (Å²) in [6.07, 6.45) is -0.597. The van der Waals surface area contributed by atoms with Crippen LogP contribution in [0.25, 0.3) is 11.1 Å². The number of nitrogens with zero attached hydrogens (tertiary/aromatic N) is 1. The number of ether oxygens (including phenoxy) is 1. The van der Waals surface area contributed by atoms with Gasteiger partial charge < -0.3 is 20.1 Å². The second-order valence-electron chi connectivity index (χ2n) is 10.1. The summed E-state index contributed by atoms with van der Waals surface area (Å²) in [5.41, 5.74) is 3.90. The molecular formula is C27H34N2O5. The van der Waals surface area contributed by atoms with Crippen molar-refractivity contribution in [2.75, 3.05) is 13.2 Å². The molecular weight excluding hydrogens is 432 g/mol. The average Bonchev–Trinajstić information content (AvgIpc) is 3.08. The fraction of sp³-hybridized carbons (Fsp3) is 0.444. The molecule has 0 heterocycles. The molecule has 2 N–H and O–H groups in total. The molecule has 0 spiro atoms. The third-order valence-electron chi connectivity index (χ3n) is 6.25. The Morgan fingerprint density at radius 1 is 1.00 bits per heavy atom. The van der Waals surface area contributed by atoms with Crippen LogP contribution in [0.5, 0.6) is 0 Å². The number of aliphatic carboxylic acids is 1. The van der Waals surface area contributed by atoms with Crippen LogP contribution in [0.2, 0.25) is 0 Å². The van der Waals surface area contributed by atoms with E-state index in [2.05, 4.69) is 29.6 Å². The summed E-state index contributed by atoms with van der Waals surface area (Å²) in [5.74, 6) is -1.50. The molecule has 0 radical (unpaired) electrons. The van der Waals surface area contributed by atoms with Gasteiger partial charge in [-0.05, 0) is 48.9 Å². The summed E-state index contributed by atoms with van der Waals surface area (Å²) in [6, 6.07) is 15.7. The third kappa shape index (κ3) is 5.76. The van der Waals surface area contributed by atoms with Gasteiger partial charge in [0.2, 0.25) is 5.91 Å². The summed E-state index contributed by atoms with van der Waals surface area (Å²) in [6.45, 7) is 8.97. The molecule has 1 aliphatic rings. The number of alkyl carbamates (subject to hydrolysis) is 1. The maximum atomic E-state index is 12.9. The van der Waals surface area contributed by atoms with Crippen LogP contribution < -0.4 is 5.32 Å². The molecule has 1 atom stereocenters. The number of carbonyl (C=O) groups excluding carboxylic acids is 2. The lowest BCUT2D eigenvalue weighted by atomic mass is 9.98. The smallest absolute Gasteiger partial charge is 0.407 e. The Hall–Kier alpha value is -3.35. The van der Waals surface area contributed by atoms with Gasteiger partial charge in [0.1, 0.15) is 13.2 Å². The van der Waals surface area contributed by atoms with Crippen LogP contribution in [0.3, 0.4) is 0 Å². The molecule has 0 aliphatic heterocycles. The van der Waals surface area contributed by atoms with Gasteiger partial charge in [-0.15, -0.1) is 0 Å². The Bertz CT molecular complexity index is 1010. The number of rotatable bonds is 8. The van der Waals surface area contributed by atoms with Gasteiger partial charge in [-0.1, -0.05) is 62.4 Å². The molecule has 0 unspecified atom stereocenters. The van der Waals surface area contributed by atoms with Crippen LogP contribution in [-0.4, -0.2) is 52.7 Å². The first-order chi connectivity index (χ1) is 16.0. The van der Waals surface area contributed by atoms with Crippen LogP contribution in [0.1, 0.15) is 58.1 Å². The van der Waals surface area contributed by atoms with E-state index in [4.69, 9.17) is 4.74 Å². The van der Waals surface area contributed by atoms with Crippen molar-refractivity contribution in [1.29, 1.82) is 0 Å². The lowest BCUT2D eigenvalue weighted by Gasteiger charge is -2.36. The topological polar surface area (TPSA) is 95.9 Å². The van der Waals surface area contributed by atoms with E-state index >= 15 is 0 Å². The summed E-state index contributed by atoms with van der Waals surface area (Å²) >= 11 is 0. The molecule has 182 valence electrons. The normalized spacial score (nSPS) is 13.7. The molecule has 0 bridgehead atoms. The molecule has 0 aromatic heterocycles. The third-order valence-corrected chi connectivity index (χ3v) is 6.25. The quantitative estimate of drug-likeness (QED) is 0.590. The van der Waals surface area contributed by atoms with Gasteiger partial charge in [0.15, 0.2) is 0 Å². The van der Waals surface area contributed by atoms with Crippen LogP contribution in [0, 0.1) is 5.92 Å². The van der Waals surface area contributed by atoms with E-state index in [1.807, 2.05) is 38.1 Å². The fourth-order valence-electron chi connectivity index (χ4n) is 4.38. The number of nitrogens with one attached hydrogen (secondary N) is 1. The Kier molecular flexibility index (Phi) is 7.64. The average molecular weight is 467 g/mol. The SMILES string of the molecule is CC(C)[C@H](CC(=O)N(CC(=O)O)C(C)(C)C)NC(=O)OCC1c2ccccc2-c2ccccc21. The maximum absolute atomic E-state index is 12.9. The van der Waals surface area contributed by atoms with Crippen molar-refractivity contribution in [3.63, 3.8) is 0 Å². The van der Waals surface area contributed by atoms with Crippen molar-refractivity contribution >= 4 is 18.0 Å². The Balaban J connectivity index is 1.66. The van der Waals surface area contributed by atoms with Crippen molar-refractivity contribution < 1.29 is 24.2 Å². The molecule has 1 aliphatic carbocycles. The minimum atomic E-state index is -1.08. The van der Waals surface area contributed by atoms with Gasteiger partial charge in [-0.2, -0.15) is 0 Å². The molecule has 2 amide bonds. The van der Waals surface area contributed by atoms with Crippen molar-refractivity contribution in [2.45, 2.75) is 58.5 Å². The van der Waals surface area contributed by atoms with Gasteiger partial charge in [0.05, 0.1) is 0 Å². The van der Waals surface area contributed by atoms with Gasteiger partial charge in [0.25, 0.3) is 0 Å². The Morgan fingerprint density at radius 3 is 2.00 bits per heavy atom. The van der Waals surface area contributed by atoms with E-state index in [0.29, 0.717) is 0 Å². The zero-order chi connectivity index (χ0) is 25.0. The Labute approximate surface area is 201 Å². The van der Waals surface area contributed by atoms with Crippen molar-refractivity contribution in [3.8, 4) is 11.1 Å². The molecule has 3 rings (SSSR count). The van der Waals surface area contributed by atoms with E-state index in [1.165, 1.54) is 4.90 Å². The van der Waals surface area contributed by atoms with Crippen LogP contribution in [0.4, 0.5) is 4.79 Å². The number of carboxylic acid groups (broad SMARTS) is 1. The van der Waals surface area contributed by atoms with Crippen molar-refractivity contribution in [1.82, 2.24) is 10.2 Å². The van der Waals surface area contributed by atoms with E-state index in [-0.39, 0.29) is 30.8 Å². The van der Waals surface area contributed by atoms with Gasteiger partial charge in [-0.25, -0.2) is 4.79 Å². The fourth-order valence-corrected chi connectivity index (χ4v) is 4.38. The van der Waals surface area contributed by atoms with Crippen LogP contribution >= 0.6 is 0 Å². The highest BCUT2D eigenvalue weighted by molar-refractivity contribution is 5.83. The molecule has 7 nitrogen and oxygen atoms in total. The molecule has 2 aromatic carbocycles. The maximum Gasteiger partial charge on any atom is 0.407 e. The molecule has 0 fully saturated rings. The molecule has 34 heavy (non-hydrogen) atoms. The second-order valence-corrected chi connectivity index (χ2v) is 10.1. The first kappa shape index (κ1) is 25.3. The lowest BCUT2D eigenvalue weighted by Crippen LogP contribution is -2.51. The predicted molar refractivity (Wildman–Crippen MR) is 131 cm³/mol. The minimum absolute atomic E-state index is 0.00753. The number of hydrogen-bond acceptors (Lipinski definition) is 4. The summed E-state index contributed by atoms with van der Waals surface area (Å²) in [7, 11) is 0. The van der Waals surface area contributed by atoms with Gasteiger partial charge >= 0.3 is 12.1 Å². The number of carboxylic acids is 1. The van der Waals surface area contributed by atoms with E-state index in [9.17, 15) is 19.5 Å². The lowest BCUT2D eigenvalue weighted by molar-refractivity contribution is -0.148. The van der Waals surface area contributed by atoms with Crippen molar-refractivity contribution in [2.24, 2.45) is 5.92 Å². The molecule has 7 heteroatoms. The predicted octanol–water partition coefficient (Wildman–Crippen LogP) is 4.65. The van der Waals surface area contributed by atoms with Crippen LogP contribution in [-0.2, 0) is 14.3 Å². The molecule has 0 saturated carbocycles. The van der Waals surface area contributed by atoms with Gasteiger partial charge in [-0.3, -0.25) is 9.59 Å². The molecule has 0 saturated heterocycles. The largest absolute Gasteiger partial charge is 0.480 e. The zero-order valence-corrected chi connectivity index (χ0v) is 20.5. The summed E-state index contributed by atoms with van der Waals surface area (Å²) in [4.78, 5) is 38.2.